The highest BCUT2D eigenvalue weighted by molar-refractivity contribution is 6.04. The van der Waals surface area contributed by atoms with E-state index in [9.17, 15) is 9.59 Å². The Morgan fingerprint density at radius 2 is 1.84 bits per heavy atom. The molecule has 0 fully saturated rings. The van der Waals surface area contributed by atoms with Gasteiger partial charge in [0.25, 0.3) is 0 Å². The Bertz CT molecular complexity index is 743. The number of carbonyl (C=O) groups excluding carboxylic acids is 2. The summed E-state index contributed by atoms with van der Waals surface area (Å²) in [5, 5.41) is 4.45. The molecule has 3 N–H and O–H groups in total. The van der Waals surface area contributed by atoms with Gasteiger partial charge in [0.15, 0.2) is 6.61 Å². The first-order chi connectivity index (χ1) is 12.1. The number of anilines is 1. The van der Waals surface area contributed by atoms with Crippen molar-refractivity contribution in [3.05, 3.63) is 36.4 Å². The summed E-state index contributed by atoms with van der Waals surface area (Å²) in [5.41, 5.74) is 6.20. The second-order valence-electron chi connectivity index (χ2n) is 5.37. The predicted octanol–water partition coefficient (Wildman–Crippen LogP) is 1.69. The molecule has 0 saturated heterocycles. The van der Waals surface area contributed by atoms with E-state index in [1.165, 1.54) is 14.2 Å². The van der Waals surface area contributed by atoms with Gasteiger partial charge < -0.3 is 25.3 Å². The molecule has 2 rings (SSSR count). The van der Waals surface area contributed by atoms with E-state index in [0.29, 0.717) is 11.4 Å². The van der Waals surface area contributed by atoms with Gasteiger partial charge in [0, 0.05) is 30.1 Å². The minimum absolute atomic E-state index is 0.169. The predicted molar refractivity (Wildman–Crippen MR) is 94.6 cm³/mol. The molecule has 0 aliphatic carbocycles. The van der Waals surface area contributed by atoms with Crippen molar-refractivity contribution in [2.24, 2.45) is 5.73 Å². The van der Waals surface area contributed by atoms with Gasteiger partial charge in [-0.1, -0.05) is 24.3 Å². The number of benzene rings is 2. The highest BCUT2D eigenvalue weighted by Gasteiger charge is 2.14. The van der Waals surface area contributed by atoms with Gasteiger partial charge in [-0.3, -0.25) is 4.79 Å². The lowest BCUT2D eigenvalue weighted by Gasteiger charge is -2.15. The molecule has 0 saturated carbocycles. The molecule has 134 valence electrons. The number of nitrogens with one attached hydrogen (secondary N) is 1. The third kappa shape index (κ3) is 4.91. The van der Waals surface area contributed by atoms with Gasteiger partial charge in [-0.15, -0.1) is 0 Å². The SMILES string of the molecule is COC(=O)COc1ccc(NC(=O)CC(CN)OC)c2ccccc12. The average Bonchev–Trinajstić information content (AvgIpc) is 2.65. The summed E-state index contributed by atoms with van der Waals surface area (Å²) in [6, 6.07) is 10.9. The zero-order valence-electron chi connectivity index (χ0n) is 14.3. The lowest BCUT2D eigenvalue weighted by atomic mass is 10.1. The van der Waals surface area contributed by atoms with Crippen molar-refractivity contribution in [3.63, 3.8) is 0 Å². The molecule has 0 heterocycles. The maximum Gasteiger partial charge on any atom is 0.343 e. The molecule has 1 unspecified atom stereocenters. The number of esters is 1. The van der Waals surface area contributed by atoms with E-state index < -0.39 is 5.97 Å². The second kappa shape index (κ2) is 9.00. The number of ether oxygens (including phenoxy) is 3. The van der Waals surface area contributed by atoms with Crippen molar-refractivity contribution in [2.75, 3.05) is 32.7 Å². The monoisotopic (exact) mass is 346 g/mol. The van der Waals surface area contributed by atoms with Crippen molar-refractivity contribution >= 4 is 28.3 Å². The molecule has 0 radical (unpaired) electrons. The number of hydrogen-bond acceptors (Lipinski definition) is 6. The summed E-state index contributed by atoms with van der Waals surface area (Å²) >= 11 is 0. The van der Waals surface area contributed by atoms with Gasteiger partial charge in [0.2, 0.25) is 5.91 Å². The zero-order valence-corrected chi connectivity index (χ0v) is 14.3. The van der Waals surface area contributed by atoms with E-state index in [-0.39, 0.29) is 31.6 Å². The zero-order chi connectivity index (χ0) is 18.2. The Hall–Kier alpha value is -2.64. The van der Waals surface area contributed by atoms with E-state index in [2.05, 4.69) is 10.1 Å². The lowest BCUT2D eigenvalue weighted by Crippen LogP contribution is -2.28. The van der Waals surface area contributed by atoms with Gasteiger partial charge in [0.05, 0.1) is 19.6 Å². The number of fused-ring (bicyclic) bond motifs is 1. The van der Waals surface area contributed by atoms with Crippen LogP contribution in [0.2, 0.25) is 0 Å². The number of methoxy groups -OCH3 is 2. The van der Waals surface area contributed by atoms with E-state index in [1.54, 1.807) is 12.1 Å². The normalized spacial score (nSPS) is 11.8. The molecule has 1 atom stereocenters. The molecule has 0 bridgehead atoms. The smallest absolute Gasteiger partial charge is 0.343 e. The highest BCUT2D eigenvalue weighted by atomic mass is 16.6. The van der Waals surface area contributed by atoms with Crippen LogP contribution in [0.15, 0.2) is 36.4 Å². The fourth-order valence-electron chi connectivity index (χ4n) is 2.37. The first-order valence-corrected chi connectivity index (χ1v) is 7.83. The molecule has 0 aromatic heterocycles. The molecule has 0 spiro atoms. The maximum absolute atomic E-state index is 12.2. The average molecular weight is 346 g/mol. The Kier molecular flexibility index (Phi) is 6.73. The summed E-state index contributed by atoms with van der Waals surface area (Å²) < 4.78 is 15.2. The molecule has 7 nitrogen and oxygen atoms in total. The fraction of sp³-hybridized carbons (Fsp3) is 0.333. The number of rotatable bonds is 8. The Balaban J connectivity index is 2.22. The summed E-state index contributed by atoms with van der Waals surface area (Å²) in [5.74, 6) is -0.116. The van der Waals surface area contributed by atoms with Crippen molar-refractivity contribution < 1.29 is 23.8 Å². The second-order valence-corrected chi connectivity index (χ2v) is 5.37. The summed E-state index contributed by atoms with van der Waals surface area (Å²) in [7, 11) is 2.82. The van der Waals surface area contributed by atoms with Crippen LogP contribution >= 0.6 is 0 Å². The number of hydrogen-bond donors (Lipinski definition) is 2. The Morgan fingerprint density at radius 1 is 1.12 bits per heavy atom. The lowest BCUT2D eigenvalue weighted by molar-refractivity contribution is -0.142. The van der Waals surface area contributed by atoms with Crippen LogP contribution in [-0.2, 0) is 19.1 Å². The third-order valence-electron chi connectivity index (χ3n) is 3.74. The molecule has 2 aromatic carbocycles. The first kappa shape index (κ1) is 18.7. The molecular weight excluding hydrogens is 324 g/mol. The topological polar surface area (TPSA) is 99.9 Å². The van der Waals surface area contributed by atoms with Gasteiger partial charge in [-0.25, -0.2) is 4.79 Å². The number of amides is 1. The standard InChI is InChI=1S/C18H22N2O5/c1-23-12(10-19)9-17(21)20-15-7-8-16(25-11-18(22)24-2)14-6-4-3-5-13(14)15/h3-8,12H,9-11,19H2,1-2H3,(H,20,21). The molecule has 25 heavy (non-hydrogen) atoms. The van der Waals surface area contributed by atoms with Crippen LogP contribution in [0.3, 0.4) is 0 Å². The van der Waals surface area contributed by atoms with Crippen molar-refractivity contribution in [1.29, 1.82) is 0 Å². The van der Waals surface area contributed by atoms with Crippen LogP contribution in [0.5, 0.6) is 5.75 Å². The molecule has 0 aliphatic heterocycles. The van der Waals surface area contributed by atoms with Crippen molar-refractivity contribution in [1.82, 2.24) is 0 Å². The summed E-state index contributed by atoms with van der Waals surface area (Å²) in [4.78, 5) is 23.5. The Morgan fingerprint density at radius 3 is 2.48 bits per heavy atom. The third-order valence-corrected chi connectivity index (χ3v) is 3.74. The molecule has 2 aromatic rings. The summed E-state index contributed by atoms with van der Waals surface area (Å²) in [6.07, 6.45) is -0.156. The Labute approximate surface area is 146 Å². The molecule has 1 amide bonds. The molecule has 0 aliphatic rings. The number of nitrogens with two attached hydrogens (primary N) is 1. The molecule has 7 heteroatoms. The highest BCUT2D eigenvalue weighted by Crippen LogP contribution is 2.31. The van der Waals surface area contributed by atoms with Gasteiger partial charge >= 0.3 is 5.97 Å². The number of carbonyl (C=O) groups is 2. The van der Waals surface area contributed by atoms with E-state index in [0.717, 1.165) is 10.8 Å². The van der Waals surface area contributed by atoms with Gasteiger partial charge in [0.1, 0.15) is 5.75 Å². The van der Waals surface area contributed by atoms with Crippen LogP contribution in [0.1, 0.15) is 6.42 Å². The van der Waals surface area contributed by atoms with Crippen LogP contribution in [-0.4, -0.2) is 45.4 Å². The quantitative estimate of drug-likeness (QED) is 0.706. The largest absolute Gasteiger partial charge is 0.481 e. The van der Waals surface area contributed by atoms with E-state index in [1.807, 2.05) is 24.3 Å². The summed E-state index contributed by atoms with van der Waals surface area (Å²) in [6.45, 7) is 0.0865. The van der Waals surface area contributed by atoms with Crippen molar-refractivity contribution in [3.8, 4) is 5.75 Å². The van der Waals surface area contributed by atoms with Crippen LogP contribution in [0.25, 0.3) is 10.8 Å². The fourth-order valence-corrected chi connectivity index (χ4v) is 2.37. The molecular formula is C18H22N2O5. The van der Waals surface area contributed by atoms with E-state index >= 15 is 0 Å². The van der Waals surface area contributed by atoms with Gasteiger partial charge in [-0.05, 0) is 12.1 Å². The maximum atomic E-state index is 12.2. The van der Waals surface area contributed by atoms with E-state index in [4.69, 9.17) is 15.2 Å². The van der Waals surface area contributed by atoms with Crippen LogP contribution in [0, 0.1) is 0 Å². The van der Waals surface area contributed by atoms with Crippen LogP contribution in [0.4, 0.5) is 5.69 Å². The van der Waals surface area contributed by atoms with Gasteiger partial charge in [-0.2, -0.15) is 0 Å². The first-order valence-electron chi connectivity index (χ1n) is 7.83. The minimum atomic E-state index is -0.464. The van der Waals surface area contributed by atoms with Crippen molar-refractivity contribution in [2.45, 2.75) is 12.5 Å². The minimum Gasteiger partial charge on any atom is -0.481 e. The van der Waals surface area contributed by atoms with Crippen LogP contribution < -0.4 is 15.8 Å².